The minimum atomic E-state index is -0.709. The Morgan fingerprint density at radius 1 is 1.27 bits per heavy atom. The summed E-state index contributed by atoms with van der Waals surface area (Å²) in [6, 6.07) is 9.32. The van der Waals surface area contributed by atoms with Crippen LogP contribution in [0.5, 0.6) is 0 Å². The van der Waals surface area contributed by atoms with Crippen LogP contribution in [0.3, 0.4) is 0 Å². The van der Waals surface area contributed by atoms with Gasteiger partial charge in [0.1, 0.15) is 4.75 Å². The number of aryl methyl sites for hydroxylation is 1. The van der Waals surface area contributed by atoms with E-state index in [1.807, 2.05) is 44.2 Å². The number of rotatable bonds is 2. The third-order valence-electron chi connectivity index (χ3n) is 3.51. The summed E-state index contributed by atoms with van der Waals surface area (Å²) < 4.78 is -0.709. The van der Waals surface area contributed by atoms with Crippen LogP contribution in [0.25, 0.3) is 0 Å². The molecule has 1 aliphatic heterocycles. The molecule has 1 aliphatic rings. The Labute approximate surface area is 138 Å². The Hall–Kier alpha value is -1.85. The average molecular weight is 332 g/mol. The van der Waals surface area contributed by atoms with Gasteiger partial charge in [0.2, 0.25) is 5.91 Å². The van der Waals surface area contributed by atoms with Gasteiger partial charge in [-0.2, -0.15) is 0 Å². The minimum absolute atomic E-state index is 0.0920. The molecule has 0 bridgehead atoms. The summed E-state index contributed by atoms with van der Waals surface area (Å²) in [4.78, 5) is 20.8. The topological polar surface area (TPSA) is 54.4 Å². The van der Waals surface area contributed by atoms with Crippen LogP contribution in [-0.2, 0) is 9.54 Å². The molecule has 4 nitrogen and oxygen atoms in total. The second-order valence-electron chi connectivity index (χ2n) is 5.20. The second kappa shape index (κ2) is 5.74. The van der Waals surface area contributed by atoms with Crippen molar-refractivity contribution in [2.24, 2.45) is 4.99 Å². The molecule has 1 aromatic heterocycles. The first-order valence-electron chi connectivity index (χ1n) is 6.75. The highest BCUT2D eigenvalue weighted by Gasteiger charge is 2.44. The molecule has 1 fully saturated rings. The molecule has 1 amide bonds. The quantitative estimate of drug-likeness (QED) is 0.910. The maximum atomic E-state index is 12.4. The third-order valence-corrected chi connectivity index (χ3v) is 5.03. The predicted octanol–water partition coefficient (Wildman–Crippen LogP) is 3.81. The van der Waals surface area contributed by atoms with Crippen molar-refractivity contribution in [3.8, 4) is 0 Å². The number of benzene rings is 1. The van der Waals surface area contributed by atoms with Gasteiger partial charge in [0.25, 0.3) is 0 Å². The van der Waals surface area contributed by atoms with Crippen molar-refractivity contribution < 1.29 is 4.79 Å². The number of pyridine rings is 1. The molecule has 1 unspecified atom stereocenters. The molecule has 2 heterocycles. The first-order valence-corrected chi connectivity index (χ1v) is 7.94. The van der Waals surface area contributed by atoms with Gasteiger partial charge in [-0.05, 0) is 49.2 Å². The zero-order valence-corrected chi connectivity index (χ0v) is 13.7. The van der Waals surface area contributed by atoms with Crippen LogP contribution in [0.1, 0.15) is 18.1 Å². The monoisotopic (exact) mass is 331 g/mol. The lowest BCUT2D eigenvalue weighted by Gasteiger charge is -2.18. The minimum Gasteiger partial charge on any atom is -0.304 e. The normalized spacial score (nSPS) is 22.9. The molecule has 1 atom stereocenters. The van der Waals surface area contributed by atoms with Gasteiger partial charge in [-0.1, -0.05) is 29.4 Å². The fourth-order valence-corrected chi connectivity index (χ4v) is 3.55. The van der Waals surface area contributed by atoms with E-state index in [0.717, 1.165) is 11.1 Å². The summed E-state index contributed by atoms with van der Waals surface area (Å²) in [5.41, 5.74) is 2.61. The molecule has 0 spiro atoms. The average Bonchev–Trinajstić information content (AvgIpc) is 2.79. The standard InChI is InChI=1S/C16H14ClN3OS/c1-10-3-4-13(12(17)9-10)19-15-20-14(21)16(2,22-15)11-5-7-18-8-6-11/h3-9H,1-2H3,(H,19,20,21). The maximum Gasteiger partial charge on any atom is 0.246 e. The lowest BCUT2D eigenvalue weighted by atomic mass is 10.0. The molecule has 2 aromatic rings. The molecule has 0 saturated carbocycles. The van der Waals surface area contributed by atoms with E-state index in [1.165, 1.54) is 11.8 Å². The summed E-state index contributed by atoms with van der Waals surface area (Å²) in [6.45, 7) is 3.84. The molecule has 22 heavy (non-hydrogen) atoms. The van der Waals surface area contributed by atoms with Crippen molar-refractivity contribution in [3.63, 3.8) is 0 Å². The number of carbonyl (C=O) groups is 1. The van der Waals surface area contributed by atoms with Crippen molar-refractivity contribution >= 4 is 40.1 Å². The fourth-order valence-electron chi connectivity index (χ4n) is 2.20. The van der Waals surface area contributed by atoms with Gasteiger partial charge in [-0.3, -0.25) is 9.78 Å². The van der Waals surface area contributed by atoms with E-state index in [0.29, 0.717) is 15.9 Å². The lowest BCUT2D eigenvalue weighted by molar-refractivity contribution is -0.121. The highest BCUT2D eigenvalue weighted by molar-refractivity contribution is 8.15. The van der Waals surface area contributed by atoms with E-state index in [1.54, 1.807) is 12.4 Å². The fraction of sp³-hybridized carbons (Fsp3) is 0.188. The number of amides is 1. The van der Waals surface area contributed by atoms with Gasteiger partial charge in [-0.25, -0.2) is 4.99 Å². The van der Waals surface area contributed by atoms with Gasteiger partial charge >= 0.3 is 0 Å². The number of nitrogens with one attached hydrogen (secondary N) is 1. The van der Waals surface area contributed by atoms with E-state index in [4.69, 9.17) is 11.6 Å². The van der Waals surface area contributed by atoms with Crippen molar-refractivity contribution in [2.45, 2.75) is 18.6 Å². The molecule has 0 aliphatic carbocycles. The predicted molar refractivity (Wildman–Crippen MR) is 90.6 cm³/mol. The number of aliphatic imine (C=N–C) groups is 1. The number of halogens is 1. The molecular weight excluding hydrogens is 318 g/mol. The number of amidine groups is 1. The summed E-state index contributed by atoms with van der Waals surface area (Å²) >= 11 is 7.58. The van der Waals surface area contributed by atoms with E-state index >= 15 is 0 Å². The Bertz CT molecular complexity index is 763. The van der Waals surface area contributed by atoms with E-state index in [-0.39, 0.29) is 5.91 Å². The summed E-state index contributed by atoms with van der Waals surface area (Å²) in [6.07, 6.45) is 3.36. The van der Waals surface area contributed by atoms with Crippen LogP contribution >= 0.6 is 23.4 Å². The Morgan fingerprint density at radius 3 is 2.68 bits per heavy atom. The Balaban J connectivity index is 1.93. The summed E-state index contributed by atoms with van der Waals surface area (Å²) in [5, 5.41) is 3.95. The Morgan fingerprint density at radius 2 is 2.00 bits per heavy atom. The summed E-state index contributed by atoms with van der Waals surface area (Å²) in [7, 11) is 0. The van der Waals surface area contributed by atoms with Gasteiger partial charge in [0.05, 0.1) is 10.7 Å². The number of carbonyl (C=O) groups excluding carboxylic acids is 1. The number of hydrogen-bond donors (Lipinski definition) is 1. The molecular formula is C16H14ClN3OS. The first kappa shape index (κ1) is 15.1. The van der Waals surface area contributed by atoms with Crippen LogP contribution in [0.15, 0.2) is 47.7 Å². The molecule has 1 N–H and O–H groups in total. The second-order valence-corrected chi connectivity index (χ2v) is 7.01. The van der Waals surface area contributed by atoms with Crippen molar-refractivity contribution in [2.75, 3.05) is 0 Å². The number of aromatic nitrogens is 1. The van der Waals surface area contributed by atoms with Crippen molar-refractivity contribution in [3.05, 3.63) is 58.9 Å². The van der Waals surface area contributed by atoms with Crippen molar-refractivity contribution in [1.29, 1.82) is 0 Å². The van der Waals surface area contributed by atoms with Crippen LogP contribution in [0.2, 0.25) is 5.02 Å². The number of hydrogen-bond acceptors (Lipinski definition) is 4. The van der Waals surface area contributed by atoms with Crippen LogP contribution in [-0.4, -0.2) is 16.1 Å². The van der Waals surface area contributed by atoms with Gasteiger partial charge in [0.15, 0.2) is 5.17 Å². The molecule has 0 radical (unpaired) electrons. The van der Waals surface area contributed by atoms with Crippen molar-refractivity contribution in [1.82, 2.24) is 10.3 Å². The number of thioether (sulfide) groups is 1. The first-order chi connectivity index (χ1) is 10.5. The van der Waals surface area contributed by atoms with Gasteiger partial charge in [0, 0.05) is 12.4 Å². The van der Waals surface area contributed by atoms with Crippen LogP contribution in [0.4, 0.5) is 5.69 Å². The van der Waals surface area contributed by atoms with Crippen LogP contribution < -0.4 is 5.32 Å². The lowest BCUT2D eigenvalue weighted by Crippen LogP contribution is -2.31. The van der Waals surface area contributed by atoms with Gasteiger partial charge in [-0.15, -0.1) is 0 Å². The molecule has 112 valence electrons. The molecule has 6 heteroatoms. The Kier molecular flexibility index (Phi) is 3.93. The molecule has 1 aromatic carbocycles. The number of nitrogens with zero attached hydrogens (tertiary/aromatic N) is 2. The van der Waals surface area contributed by atoms with Gasteiger partial charge < -0.3 is 5.32 Å². The zero-order chi connectivity index (χ0) is 15.7. The SMILES string of the molecule is Cc1ccc(N=C2NC(=O)C(C)(c3ccncc3)S2)c(Cl)c1. The molecule has 1 saturated heterocycles. The van der Waals surface area contributed by atoms with Crippen LogP contribution in [0, 0.1) is 6.92 Å². The van der Waals surface area contributed by atoms with E-state index in [9.17, 15) is 4.79 Å². The van der Waals surface area contributed by atoms with E-state index in [2.05, 4.69) is 15.3 Å². The highest BCUT2D eigenvalue weighted by atomic mass is 35.5. The largest absolute Gasteiger partial charge is 0.304 e. The third kappa shape index (κ3) is 2.74. The van der Waals surface area contributed by atoms with E-state index < -0.39 is 4.75 Å². The smallest absolute Gasteiger partial charge is 0.246 e. The zero-order valence-electron chi connectivity index (χ0n) is 12.1. The summed E-state index contributed by atoms with van der Waals surface area (Å²) in [5.74, 6) is -0.0920. The maximum absolute atomic E-state index is 12.4. The molecule has 3 rings (SSSR count). The highest BCUT2D eigenvalue weighted by Crippen LogP contribution is 2.42.